The summed E-state index contributed by atoms with van der Waals surface area (Å²) in [5, 5.41) is 0. The molecule has 0 bridgehead atoms. The highest BCUT2D eigenvalue weighted by Gasteiger charge is 2.34. The second-order valence-electron chi connectivity index (χ2n) is 5.43. The fraction of sp³-hybridized carbons (Fsp3) is 0. The first-order valence-corrected chi connectivity index (χ1v) is 9.47. The van der Waals surface area contributed by atoms with Crippen molar-refractivity contribution in [3.8, 4) is 0 Å². The van der Waals surface area contributed by atoms with Crippen LogP contribution in [-0.4, -0.2) is 21.5 Å². The summed E-state index contributed by atoms with van der Waals surface area (Å²) in [4.78, 5) is 36.6. The van der Waals surface area contributed by atoms with Crippen molar-refractivity contribution in [1.82, 2.24) is 9.97 Å². The normalized spacial score (nSPS) is 13.7. The number of benzene rings is 2. The number of carbonyl (C=O) groups is 2. The van der Waals surface area contributed by atoms with Gasteiger partial charge in [-0.05, 0) is 24.3 Å². The van der Waals surface area contributed by atoms with E-state index in [9.17, 15) is 9.59 Å². The van der Waals surface area contributed by atoms with E-state index in [1.54, 1.807) is 0 Å². The molecule has 0 unspecified atom stereocenters. The van der Waals surface area contributed by atoms with Gasteiger partial charge in [0, 0.05) is 16.0 Å². The maximum Gasteiger partial charge on any atom is 0.220 e. The molecule has 0 aliphatic heterocycles. The smallest absolute Gasteiger partial charge is 0.220 e. The van der Waals surface area contributed by atoms with Gasteiger partial charge in [-0.3, -0.25) is 9.59 Å². The Bertz CT molecular complexity index is 936. The summed E-state index contributed by atoms with van der Waals surface area (Å²) in [5.74, 6) is -0.457. The Morgan fingerprint density at radius 1 is 0.692 bits per heavy atom. The molecule has 6 heteroatoms. The number of fused-ring (bicyclic) bond motifs is 1. The zero-order chi connectivity index (χ0) is 17.9. The summed E-state index contributed by atoms with van der Waals surface area (Å²) in [5.41, 5.74) is 0.425. The Morgan fingerprint density at radius 2 is 1.23 bits per heavy atom. The van der Waals surface area contributed by atoms with E-state index in [-0.39, 0.29) is 22.8 Å². The molecule has 1 aromatic heterocycles. The summed E-state index contributed by atoms with van der Waals surface area (Å²) in [7, 11) is 0. The minimum absolute atomic E-state index is 0.167. The summed E-state index contributed by atoms with van der Waals surface area (Å²) >= 11 is 2.60. The number of Topliss-reactive ketones (excluding diaryl/α,β-unsaturated/α-hetero) is 2. The van der Waals surface area contributed by atoms with E-state index in [2.05, 4.69) is 9.97 Å². The van der Waals surface area contributed by atoms with Crippen molar-refractivity contribution in [3.05, 3.63) is 94.3 Å². The van der Waals surface area contributed by atoms with E-state index in [1.807, 2.05) is 60.7 Å². The third kappa shape index (κ3) is 3.21. The molecule has 0 atom stereocenters. The van der Waals surface area contributed by atoms with Crippen molar-refractivity contribution in [2.45, 2.75) is 9.79 Å². The van der Waals surface area contributed by atoms with E-state index in [4.69, 9.17) is 0 Å². The first-order valence-electron chi connectivity index (χ1n) is 7.83. The number of rotatable bonds is 4. The molecule has 4 rings (SSSR count). The zero-order valence-electron chi connectivity index (χ0n) is 13.5. The zero-order valence-corrected chi connectivity index (χ0v) is 15.1. The Hall–Kier alpha value is -2.70. The molecule has 0 fully saturated rings. The van der Waals surface area contributed by atoms with Crippen LogP contribution in [0.1, 0.15) is 20.8 Å². The Balaban J connectivity index is 1.82. The number of aromatic nitrogens is 2. The van der Waals surface area contributed by atoms with Crippen molar-refractivity contribution >= 4 is 35.1 Å². The minimum Gasteiger partial charge on any atom is -0.288 e. The summed E-state index contributed by atoms with van der Waals surface area (Å²) in [6.07, 6.45) is 2.71. The first kappa shape index (κ1) is 16.8. The monoisotopic (exact) mass is 376 g/mol. The molecule has 2 aromatic carbocycles. The van der Waals surface area contributed by atoms with Crippen molar-refractivity contribution in [2.24, 2.45) is 0 Å². The number of carbonyl (C=O) groups excluding carboxylic acids is 2. The van der Waals surface area contributed by atoms with Crippen LogP contribution in [0.25, 0.3) is 0 Å². The molecule has 0 saturated carbocycles. The van der Waals surface area contributed by atoms with Crippen LogP contribution in [0.3, 0.4) is 0 Å². The molecular weight excluding hydrogens is 364 g/mol. The molecule has 126 valence electrons. The number of hydrogen-bond donors (Lipinski definition) is 0. The summed E-state index contributed by atoms with van der Waals surface area (Å²) in [6, 6.07) is 19.1. The maximum absolute atomic E-state index is 13.0. The van der Waals surface area contributed by atoms with E-state index >= 15 is 0 Å². The van der Waals surface area contributed by atoms with Gasteiger partial charge < -0.3 is 0 Å². The predicted molar refractivity (Wildman–Crippen MR) is 102 cm³/mol. The Labute approximate surface area is 158 Å². The Morgan fingerprint density at radius 3 is 1.81 bits per heavy atom. The maximum atomic E-state index is 13.0. The van der Waals surface area contributed by atoms with Gasteiger partial charge in [0.05, 0.1) is 15.4 Å². The lowest BCUT2D eigenvalue weighted by atomic mass is 10.0. The highest BCUT2D eigenvalue weighted by atomic mass is 32.2. The number of allylic oxidation sites excluding steroid dienone is 2. The fourth-order valence-electron chi connectivity index (χ4n) is 2.51. The summed E-state index contributed by atoms with van der Waals surface area (Å²) < 4.78 is 0. The lowest BCUT2D eigenvalue weighted by Gasteiger charge is -2.19. The van der Waals surface area contributed by atoms with Gasteiger partial charge in [-0.15, -0.1) is 0 Å². The predicted octanol–water partition coefficient (Wildman–Crippen LogP) is 4.65. The van der Waals surface area contributed by atoms with Gasteiger partial charge in [0.25, 0.3) is 0 Å². The standard InChI is InChI=1S/C20H12N2O2S2/c23-17-15-11-21-12-22-16(15)18(24)20(26-14-9-5-2-6-10-14)19(17)25-13-7-3-1-4-8-13/h1-12H. The van der Waals surface area contributed by atoms with Crippen molar-refractivity contribution in [2.75, 3.05) is 0 Å². The van der Waals surface area contributed by atoms with E-state index in [1.165, 1.54) is 36.0 Å². The van der Waals surface area contributed by atoms with Crippen LogP contribution in [-0.2, 0) is 0 Å². The van der Waals surface area contributed by atoms with Gasteiger partial charge in [0.15, 0.2) is 0 Å². The van der Waals surface area contributed by atoms with E-state index in [0.717, 1.165) is 9.79 Å². The van der Waals surface area contributed by atoms with Gasteiger partial charge >= 0.3 is 0 Å². The highest BCUT2D eigenvalue weighted by molar-refractivity contribution is 8.08. The molecule has 1 aliphatic rings. The Kier molecular flexibility index (Phi) is 4.69. The molecule has 0 N–H and O–H groups in total. The number of nitrogens with zero attached hydrogens (tertiary/aromatic N) is 2. The molecule has 3 aromatic rings. The third-order valence-electron chi connectivity index (χ3n) is 3.72. The van der Waals surface area contributed by atoms with Gasteiger partial charge in [0.1, 0.15) is 12.0 Å². The molecule has 0 radical (unpaired) electrons. The third-order valence-corrected chi connectivity index (χ3v) is 6.05. The fourth-order valence-corrected chi connectivity index (χ4v) is 4.58. The lowest BCUT2D eigenvalue weighted by Crippen LogP contribution is -2.21. The van der Waals surface area contributed by atoms with E-state index in [0.29, 0.717) is 9.81 Å². The highest BCUT2D eigenvalue weighted by Crippen LogP contribution is 2.42. The second-order valence-corrected chi connectivity index (χ2v) is 7.60. The molecule has 1 aliphatic carbocycles. The van der Waals surface area contributed by atoms with Gasteiger partial charge in [0.2, 0.25) is 11.6 Å². The average molecular weight is 376 g/mol. The topological polar surface area (TPSA) is 59.9 Å². The molecule has 0 saturated heterocycles. The van der Waals surface area contributed by atoms with Crippen LogP contribution in [0, 0.1) is 0 Å². The minimum atomic E-state index is -0.241. The van der Waals surface area contributed by atoms with Gasteiger partial charge in [-0.25, -0.2) is 9.97 Å². The van der Waals surface area contributed by atoms with Crippen LogP contribution in [0.4, 0.5) is 0 Å². The molecule has 0 spiro atoms. The van der Waals surface area contributed by atoms with Crippen molar-refractivity contribution in [3.63, 3.8) is 0 Å². The summed E-state index contributed by atoms with van der Waals surface area (Å²) in [6.45, 7) is 0. The van der Waals surface area contributed by atoms with Crippen LogP contribution in [0.15, 0.2) is 92.8 Å². The molecule has 1 heterocycles. The number of thioether (sulfide) groups is 2. The molecule has 4 nitrogen and oxygen atoms in total. The SMILES string of the molecule is O=C1C(Sc2ccccc2)=C(Sc2ccccc2)C(=O)c2ncncc21. The van der Waals surface area contributed by atoms with Crippen molar-refractivity contribution in [1.29, 1.82) is 0 Å². The van der Waals surface area contributed by atoms with Crippen LogP contribution >= 0.6 is 23.5 Å². The number of ketones is 2. The van der Waals surface area contributed by atoms with Crippen LogP contribution in [0.5, 0.6) is 0 Å². The van der Waals surface area contributed by atoms with Crippen LogP contribution < -0.4 is 0 Å². The van der Waals surface area contributed by atoms with E-state index < -0.39 is 0 Å². The molecular formula is C20H12N2O2S2. The largest absolute Gasteiger partial charge is 0.288 e. The average Bonchev–Trinajstić information content (AvgIpc) is 2.70. The second kappa shape index (κ2) is 7.27. The van der Waals surface area contributed by atoms with Gasteiger partial charge in [-0.2, -0.15) is 0 Å². The number of hydrogen-bond acceptors (Lipinski definition) is 6. The first-order chi connectivity index (χ1) is 12.7. The molecule has 26 heavy (non-hydrogen) atoms. The van der Waals surface area contributed by atoms with Crippen LogP contribution in [0.2, 0.25) is 0 Å². The van der Waals surface area contributed by atoms with Gasteiger partial charge in [-0.1, -0.05) is 59.9 Å². The quantitative estimate of drug-likeness (QED) is 0.660. The van der Waals surface area contributed by atoms with Crippen molar-refractivity contribution < 1.29 is 9.59 Å². The molecule has 0 amide bonds. The lowest BCUT2D eigenvalue weighted by molar-refractivity contribution is 0.0984.